The topological polar surface area (TPSA) is 38.7 Å². The normalized spacial score (nSPS) is 26.2. The Labute approximate surface area is 113 Å². The van der Waals surface area contributed by atoms with Crippen LogP contribution < -0.4 is 4.74 Å². The summed E-state index contributed by atoms with van der Waals surface area (Å²) in [5, 5.41) is 10.7. The minimum atomic E-state index is -0.922. The summed E-state index contributed by atoms with van der Waals surface area (Å²) in [6.45, 7) is 4.38. The smallest absolute Gasteiger partial charge is 0.168 e. The molecule has 1 aliphatic heterocycles. The van der Waals surface area contributed by atoms with Crippen LogP contribution in [-0.2, 0) is 11.2 Å². The number of benzene rings is 1. The lowest BCUT2D eigenvalue weighted by atomic mass is 9.80. The fourth-order valence-corrected chi connectivity index (χ4v) is 2.80. The number of halogens is 1. The second kappa shape index (κ2) is 5.10. The van der Waals surface area contributed by atoms with E-state index in [4.69, 9.17) is 9.47 Å². The molecular weight excluding hydrogens is 247 g/mol. The Morgan fingerprint density at radius 3 is 2.79 bits per heavy atom. The molecule has 1 saturated heterocycles. The van der Waals surface area contributed by atoms with Gasteiger partial charge in [0.25, 0.3) is 0 Å². The van der Waals surface area contributed by atoms with Crippen molar-refractivity contribution >= 4 is 0 Å². The van der Waals surface area contributed by atoms with E-state index in [1.54, 1.807) is 18.2 Å². The van der Waals surface area contributed by atoms with Gasteiger partial charge in [-0.3, -0.25) is 0 Å². The molecule has 19 heavy (non-hydrogen) atoms. The lowest BCUT2D eigenvalue weighted by Crippen LogP contribution is -2.47. The van der Waals surface area contributed by atoms with Gasteiger partial charge < -0.3 is 14.6 Å². The first kappa shape index (κ1) is 14.3. The molecule has 0 aliphatic carbocycles. The Bertz CT molecular complexity index is 459. The van der Waals surface area contributed by atoms with Crippen molar-refractivity contribution in [1.82, 2.24) is 0 Å². The van der Waals surface area contributed by atoms with Crippen LogP contribution in [0.25, 0.3) is 0 Å². The molecule has 1 heterocycles. The van der Waals surface area contributed by atoms with E-state index in [0.29, 0.717) is 25.0 Å². The molecule has 0 saturated carbocycles. The van der Waals surface area contributed by atoms with Crippen molar-refractivity contribution in [3.8, 4) is 5.75 Å². The van der Waals surface area contributed by atoms with Gasteiger partial charge in [0.1, 0.15) is 0 Å². The first-order valence-electron chi connectivity index (χ1n) is 6.53. The standard InChI is InChI=1S/C15H21FO3/c1-14(2)10-15(17,7-8-19-14)9-11-5-4-6-12(18-3)13(11)16/h4-6,17H,7-10H2,1-3H3. The molecule has 1 N–H and O–H groups in total. The first-order valence-corrected chi connectivity index (χ1v) is 6.53. The average molecular weight is 268 g/mol. The van der Waals surface area contributed by atoms with E-state index in [1.807, 2.05) is 13.8 Å². The van der Waals surface area contributed by atoms with Crippen molar-refractivity contribution < 1.29 is 19.0 Å². The predicted molar refractivity (Wildman–Crippen MR) is 70.9 cm³/mol. The number of methoxy groups -OCH3 is 1. The highest BCUT2D eigenvalue weighted by Gasteiger charge is 2.39. The van der Waals surface area contributed by atoms with Crippen molar-refractivity contribution in [1.29, 1.82) is 0 Å². The number of aliphatic hydroxyl groups is 1. The van der Waals surface area contributed by atoms with Crippen LogP contribution in [0, 0.1) is 5.82 Å². The summed E-state index contributed by atoms with van der Waals surface area (Å²) in [7, 11) is 1.44. The van der Waals surface area contributed by atoms with E-state index in [2.05, 4.69) is 0 Å². The number of ether oxygens (including phenoxy) is 2. The molecule has 1 atom stereocenters. The van der Waals surface area contributed by atoms with Crippen molar-refractivity contribution in [3.05, 3.63) is 29.6 Å². The largest absolute Gasteiger partial charge is 0.494 e. The van der Waals surface area contributed by atoms with E-state index in [9.17, 15) is 9.50 Å². The summed E-state index contributed by atoms with van der Waals surface area (Å²) in [6, 6.07) is 5.01. The zero-order valence-electron chi connectivity index (χ0n) is 11.7. The third-order valence-corrected chi connectivity index (χ3v) is 3.60. The maximum atomic E-state index is 14.1. The van der Waals surface area contributed by atoms with Gasteiger partial charge in [-0.1, -0.05) is 12.1 Å². The molecule has 1 aromatic rings. The van der Waals surface area contributed by atoms with E-state index >= 15 is 0 Å². The van der Waals surface area contributed by atoms with E-state index in [0.717, 1.165) is 0 Å². The Morgan fingerprint density at radius 1 is 1.42 bits per heavy atom. The SMILES string of the molecule is COc1cccc(CC2(O)CCOC(C)(C)C2)c1F. The summed E-state index contributed by atoms with van der Waals surface area (Å²) in [5.41, 5.74) is -0.809. The van der Waals surface area contributed by atoms with Crippen LogP contribution in [0.4, 0.5) is 4.39 Å². The van der Waals surface area contributed by atoms with Crippen LogP contribution in [0.5, 0.6) is 5.75 Å². The first-order chi connectivity index (χ1) is 8.85. The molecule has 0 radical (unpaired) electrons. The summed E-state index contributed by atoms with van der Waals surface area (Å²) in [5.74, 6) is -0.171. The summed E-state index contributed by atoms with van der Waals surface area (Å²) >= 11 is 0. The molecule has 0 spiro atoms. The predicted octanol–water partition coefficient (Wildman–Crippen LogP) is 2.70. The fraction of sp³-hybridized carbons (Fsp3) is 0.600. The lowest BCUT2D eigenvalue weighted by Gasteiger charge is -2.41. The van der Waals surface area contributed by atoms with Gasteiger partial charge >= 0.3 is 0 Å². The monoisotopic (exact) mass is 268 g/mol. The van der Waals surface area contributed by atoms with Crippen LogP contribution in [-0.4, -0.2) is 30.0 Å². The number of hydrogen-bond donors (Lipinski definition) is 1. The minimum Gasteiger partial charge on any atom is -0.494 e. The van der Waals surface area contributed by atoms with Crippen LogP contribution >= 0.6 is 0 Å². The highest BCUT2D eigenvalue weighted by atomic mass is 19.1. The Kier molecular flexibility index (Phi) is 3.83. The second-order valence-electron chi connectivity index (χ2n) is 5.87. The average Bonchev–Trinajstić information content (AvgIpc) is 2.30. The molecule has 4 heteroatoms. The molecule has 3 nitrogen and oxygen atoms in total. The Morgan fingerprint density at radius 2 is 2.16 bits per heavy atom. The lowest BCUT2D eigenvalue weighted by molar-refractivity contribution is -0.143. The van der Waals surface area contributed by atoms with Gasteiger partial charge in [-0.2, -0.15) is 0 Å². The van der Waals surface area contributed by atoms with E-state index < -0.39 is 5.60 Å². The van der Waals surface area contributed by atoms with Gasteiger partial charge in [-0.25, -0.2) is 4.39 Å². The van der Waals surface area contributed by atoms with Gasteiger partial charge in [-0.15, -0.1) is 0 Å². The maximum absolute atomic E-state index is 14.1. The van der Waals surface area contributed by atoms with Crippen molar-refractivity contribution in [2.24, 2.45) is 0 Å². The summed E-state index contributed by atoms with van der Waals surface area (Å²) in [6.07, 6.45) is 1.30. The minimum absolute atomic E-state index is 0.215. The van der Waals surface area contributed by atoms with Crippen molar-refractivity contribution in [3.63, 3.8) is 0 Å². The molecule has 0 aromatic heterocycles. The van der Waals surface area contributed by atoms with Crippen molar-refractivity contribution in [2.75, 3.05) is 13.7 Å². The third kappa shape index (κ3) is 3.25. The molecule has 1 aromatic carbocycles. The van der Waals surface area contributed by atoms with Crippen LogP contribution in [0.1, 0.15) is 32.3 Å². The van der Waals surface area contributed by atoms with Gasteiger partial charge in [-0.05, 0) is 31.9 Å². The fourth-order valence-electron chi connectivity index (χ4n) is 2.80. The van der Waals surface area contributed by atoms with E-state index in [-0.39, 0.29) is 23.6 Å². The van der Waals surface area contributed by atoms with Gasteiger partial charge in [0.05, 0.1) is 24.9 Å². The molecule has 2 rings (SSSR count). The second-order valence-corrected chi connectivity index (χ2v) is 5.87. The van der Waals surface area contributed by atoms with Gasteiger partial charge in [0.15, 0.2) is 11.6 Å². The third-order valence-electron chi connectivity index (χ3n) is 3.60. The quantitative estimate of drug-likeness (QED) is 0.916. The molecule has 106 valence electrons. The van der Waals surface area contributed by atoms with Gasteiger partial charge in [0.2, 0.25) is 0 Å². The zero-order chi connectivity index (χ0) is 14.1. The molecule has 1 fully saturated rings. The maximum Gasteiger partial charge on any atom is 0.168 e. The number of rotatable bonds is 3. The van der Waals surface area contributed by atoms with Gasteiger partial charge in [0, 0.05) is 12.8 Å². The Balaban J connectivity index is 2.20. The summed E-state index contributed by atoms with van der Waals surface area (Å²) < 4.78 is 24.7. The van der Waals surface area contributed by atoms with Crippen molar-refractivity contribution in [2.45, 2.75) is 44.3 Å². The van der Waals surface area contributed by atoms with Crippen LogP contribution in [0.3, 0.4) is 0 Å². The molecule has 1 unspecified atom stereocenters. The molecule has 1 aliphatic rings. The highest BCUT2D eigenvalue weighted by molar-refractivity contribution is 5.32. The zero-order valence-corrected chi connectivity index (χ0v) is 11.7. The number of hydrogen-bond acceptors (Lipinski definition) is 3. The Hall–Kier alpha value is -1.13. The van der Waals surface area contributed by atoms with Crippen LogP contribution in [0.15, 0.2) is 18.2 Å². The molecular formula is C15H21FO3. The summed E-state index contributed by atoms with van der Waals surface area (Å²) in [4.78, 5) is 0. The highest BCUT2D eigenvalue weighted by Crippen LogP contribution is 2.35. The molecule has 0 bridgehead atoms. The molecule has 0 amide bonds. The van der Waals surface area contributed by atoms with Crippen LogP contribution in [0.2, 0.25) is 0 Å². The van der Waals surface area contributed by atoms with E-state index in [1.165, 1.54) is 7.11 Å².